The van der Waals surface area contributed by atoms with Gasteiger partial charge in [0.25, 0.3) is 0 Å². The largest absolute Gasteiger partial charge is 0.326 e. The van der Waals surface area contributed by atoms with Crippen molar-refractivity contribution in [1.29, 1.82) is 0 Å². The Bertz CT molecular complexity index is 1020. The first-order chi connectivity index (χ1) is 13.5. The molecule has 1 fully saturated rings. The van der Waals surface area contributed by atoms with E-state index in [9.17, 15) is 9.59 Å². The number of nitrogens with zero attached hydrogens (tertiary/aromatic N) is 2. The summed E-state index contributed by atoms with van der Waals surface area (Å²) in [6, 6.07) is 17.5. The van der Waals surface area contributed by atoms with Crippen LogP contribution in [0, 0.1) is 5.92 Å². The Kier molecular flexibility index (Phi) is 4.82. The summed E-state index contributed by atoms with van der Waals surface area (Å²) in [5.41, 5.74) is 3.53. The van der Waals surface area contributed by atoms with Gasteiger partial charge in [0.2, 0.25) is 11.8 Å². The maximum absolute atomic E-state index is 12.7. The molecule has 3 aromatic rings. The smallest absolute Gasteiger partial charge is 0.229 e. The Labute approximate surface area is 164 Å². The molecule has 5 nitrogen and oxygen atoms in total. The standard InChI is InChI=1S/C23H23N3O2/c1-15(2)16-8-10-19(11-9-16)25-23(28)18-13-21(27)26(14-18)20-7-3-5-17-6-4-12-24-22(17)20/h3-12,15,18H,13-14H2,1-2H3,(H,25,28). The molecule has 0 aliphatic carbocycles. The van der Waals surface area contributed by atoms with Crippen LogP contribution in [0.25, 0.3) is 10.9 Å². The highest BCUT2D eigenvalue weighted by Gasteiger charge is 2.36. The molecule has 142 valence electrons. The van der Waals surface area contributed by atoms with Crippen molar-refractivity contribution in [3.8, 4) is 0 Å². The lowest BCUT2D eigenvalue weighted by Gasteiger charge is -2.18. The molecule has 1 aromatic heterocycles. The lowest BCUT2D eigenvalue weighted by Crippen LogP contribution is -2.28. The minimum atomic E-state index is -0.378. The third kappa shape index (κ3) is 3.48. The normalized spacial score (nSPS) is 16.8. The number of fused-ring (bicyclic) bond motifs is 1. The molecule has 1 aliphatic heterocycles. The molecule has 1 atom stereocenters. The number of carbonyl (C=O) groups excluding carboxylic acids is 2. The molecule has 0 bridgehead atoms. The van der Waals surface area contributed by atoms with E-state index in [0.29, 0.717) is 12.5 Å². The first-order valence-corrected chi connectivity index (χ1v) is 9.58. The molecule has 1 N–H and O–H groups in total. The Hall–Kier alpha value is -3.21. The fraction of sp³-hybridized carbons (Fsp3) is 0.261. The van der Waals surface area contributed by atoms with Crippen LogP contribution in [0.1, 0.15) is 31.7 Å². The minimum absolute atomic E-state index is 0.0477. The zero-order valence-corrected chi connectivity index (χ0v) is 16.1. The van der Waals surface area contributed by atoms with Gasteiger partial charge in [-0.05, 0) is 35.7 Å². The second-order valence-electron chi connectivity index (χ2n) is 7.52. The summed E-state index contributed by atoms with van der Waals surface area (Å²) in [7, 11) is 0. The first kappa shape index (κ1) is 18.2. The van der Waals surface area contributed by atoms with E-state index in [2.05, 4.69) is 24.1 Å². The number of aromatic nitrogens is 1. The van der Waals surface area contributed by atoms with Gasteiger partial charge in [-0.1, -0.05) is 44.2 Å². The fourth-order valence-corrected chi connectivity index (χ4v) is 3.62. The number of anilines is 2. The number of hydrogen-bond acceptors (Lipinski definition) is 3. The van der Waals surface area contributed by atoms with Crippen LogP contribution in [0.15, 0.2) is 60.8 Å². The van der Waals surface area contributed by atoms with Gasteiger partial charge >= 0.3 is 0 Å². The number of rotatable bonds is 4. The van der Waals surface area contributed by atoms with Crippen LogP contribution in [-0.4, -0.2) is 23.3 Å². The topological polar surface area (TPSA) is 62.3 Å². The van der Waals surface area contributed by atoms with Crippen molar-refractivity contribution in [3.63, 3.8) is 0 Å². The van der Waals surface area contributed by atoms with Gasteiger partial charge < -0.3 is 10.2 Å². The third-order valence-electron chi connectivity index (χ3n) is 5.24. The van der Waals surface area contributed by atoms with E-state index in [1.54, 1.807) is 11.1 Å². The van der Waals surface area contributed by atoms with Crippen LogP contribution >= 0.6 is 0 Å². The average molecular weight is 373 g/mol. The quantitative estimate of drug-likeness (QED) is 0.739. The molecule has 2 amide bonds. The van der Waals surface area contributed by atoms with Crippen molar-refractivity contribution in [3.05, 3.63) is 66.4 Å². The van der Waals surface area contributed by atoms with Crippen molar-refractivity contribution in [1.82, 2.24) is 4.98 Å². The number of hydrogen-bond donors (Lipinski definition) is 1. The van der Waals surface area contributed by atoms with Gasteiger partial charge in [0.15, 0.2) is 0 Å². The molecule has 1 unspecified atom stereocenters. The minimum Gasteiger partial charge on any atom is -0.326 e. The predicted molar refractivity (Wildman–Crippen MR) is 111 cm³/mol. The van der Waals surface area contributed by atoms with E-state index >= 15 is 0 Å². The number of benzene rings is 2. The highest BCUT2D eigenvalue weighted by atomic mass is 16.2. The van der Waals surface area contributed by atoms with Crippen molar-refractivity contribution < 1.29 is 9.59 Å². The monoisotopic (exact) mass is 373 g/mol. The average Bonchev–Trinajstić information content (AvgIpc) is 3.09. The summed E-state index contributed by atoms with van der Waals surface area (Å²) in [5.74, 6) is -0.105. The lowest BCUT2D eigenvalue weighted by molar-refractivity contribution is -0.122. The molecule has 2 heterocycles. The molecular weight excluding hydrogens is 350 g/mol. The molecule has 2 aromatic carbocycles. The number of para-hydroxylation sites is 1. The van der Waals surface area contributed by atoms with Crippen molar-refractivity contribution in [2.45, 2.75) is 26.2 Å². The molecule has 0 spiro atoms. The SMILES string of the molecule is CC(C)c1ccc(NC(=O)C2CC(=O)N(c3cccc4cccnc34)C2)cc1. The summed E-state index contributed by atoms with van der Waals surface area (Å²) in [6.07, 6.45) is 1.93. The molecule has 5 heteroatoms. The first-order valence-electron chi connectivity index (χ1n) is 9.58. The van der Waals surface area contributed by atoms with E-state index in [4.69, 9.17) is 0 Å². The summed E-state index contributed by atoms with van der Waals surface area (Å²) in [6.45, 7) is 4.63. The summed E-state index contributed by atoms with van der Waals surface area (Å²) < 4.78 is 0. The van der Waals surface area contributed by atoms with Gasteiger partial charge in [-0.2, -0.15) is 0 Å². The van der Waals surface area contributed by atoms with E-state index in [-0.39, 0.29) is 24.2 Å². The second-order valence-corrected chi connectivity index (χ2v) is 7.52. The Morgan fingerprint density at radius 2 is 1.86 bits per heavy atom. The van der Waals surface area contributed by atoms with E-state index < -0.39 is 0 Å². The maximum atomic E-state index is 12.7. The molecule has 28 heavy (non-hydrogen) atoms. The van der Waals surface area contributed by atoms with Crippen molar-refractivity contribution in [2.75, 3.05) is 16.8 Å². The van der Waals surface area contributed by atoms with Crippen LogP contribution in [0.5, 0.6) is 0 Å². The maximum Gasteiger partial charge on any atom is 0.229 e. The zero-order chi connectivity index (χ0) is 19.7. The summed E-state index contributed by atoms with van der Waals surface area (Å²) in [4.78, 5) is 31.4. The summed E-state index contributed by atoms with van der Waals surface area (Å²) in [5, 5.41) is 3.92. The Morgan fingerprint density at radius 1 is 1.11 bits per heavy atom. The van der Waals surface area contributed by atoms with Crippen LogP contribution in [-0.2, 0) is 9.59 Å². The van der Waals surface area contributed by atoms with Gasteiger partial charge in [-0.3, -0.25) is 14.6 Å². The Balaban J connectivity index is 1.50. The number of amides is 2. The van der Waals surface area contributed by atoms with Crippen LogP contribution in [0.3, 0.4) is 0 Å². The molecule has 1 aliphatic rings. The predicted octanol–water partition coefficient (Wildman–Crippen LogP) is 4.35. The number of nitrogens with one attached hydrogen (secondary N) is 1. The van der Waals surface area contributed by atoms with Gasteiger partial charge in [0.05, 0.1) is 17.1 Å². The number of pyridine rings is 1. The Morgan fingerprint density at radius 3 is 2.61 bits per heavy atom. The molecule has 1 saturated heterocycles. The highest BCUT2D eigenvalue weighted by molar-refractivity contribution is 6.07. The molecule has 0 radical (unpaired) electrons. The van der Waals surface area contributed by atoms with Gasteiger partial charge in [0, 0.05) is 30.2 Å². The van der Waals surface area contributed by atoms with Gasteiger partial charge in [-0.15, -0.1) is 0 Å². The van der Waals surface area contributed by atoms with E-state index in [1.165, 1.54) is 5.56 Å². The lowest BCUT2D eigenvalue weighted by atomic mass is 10.0. The van der Waals surface area contributed by atoms with Crippen molar-refractivity contribution in [2.24, 2.45) is 5.92 Å². The molecule has 4 rings (SSSR count). The van der Waals surface area contributed by atoms with Crippen LogP contribution in [0.4, 0.5) is 11.4 Å². The van der Waals surface area contributed by atoms with E-state index in [1.807, 2.05) is 54.6 Å². The molecular formula is C23H23N3O2. The third-order valence-corrected chi connectivity index (χ3v) is 5.24. The second kappa shape index (κ2) is 7.43. The highest BCUT2D eigenvalue weighted by Crippen LogP contribution is 2.31. The fourth-order valence-electron chi connectivity index (χ4n) is 3.62. The zero-order valence-electron chi connectivity index (χ0n) is 16.1. The van der Waals surface area contributed by atoms with Gasteiger partial charge in [-0.25, -0.2) is 0 Å². The molecule has 0 saturated carbocycles. The summed E-state index contributed by atoms with van der Waals surface area (Å²) >= 11 is 0. The van der Waals surface area contributed by atoms with Crippen molar-refractivity contribution >= 4 is 34.1 Å². The van der Waals surface area contributed by atoms with Gasteiger partial charge in [0.1, 0.15) is 0 Å². The number of carbonyl (C=O) groups is 2. The van der Waals surface area contributed by atoms with Crippen LogP contribution in [0.2, 0.25) is 0 Å². The van der Waals surface area contributed by atoms with E-state index in [0.717, 1.165) is 22.3 Å². The van der Waals surface area contributed by atoms with Crippen LogP contribution < -0.4 is 10.2 Å².